The second-order valence-electron chi connectivity index (χ2n) is 5.98. The first-order valence-corrected chi connectivity index (χ1v) is 8.21. The predicted octanol–water partition coefficient (Wildman–Crippen LogP) is 3.19. The standard InChI is InChI=1S/C18H18ClNO4/c19-13-5-3-12(4-6-13)15-10-20(11-16(15)18(22)23)17(21)8-7-14-2-1-9-24-14/h1-6,9,15-16H,7-8,10-11H2,(H,22,23)/t15-,16+/m0/s1. The highest BCUT2D eigenvalue weighted by molar-refractivity contribution is 6.30. The third-order valence-corrected chi connectivity index (χ3v) is 4.71. The summed E-state index contributed by atoms with van der Waals surface area (Å²) in [5.74, 6) is -0.983. The van der Waals surface area contributed by atoms with Gasteiger partial charge in [-0.05, 0) is 29.8 Å². The van der Waals surface area contributed by atoms with Gasteiger partial charge in [0.2, 0.25) is 5.91 Å². The van der Waals surface area contributed by atoms with Crippen molar-refractivity contribution in [2.75, 3.05) is 13.1 Å². The molecule has 6 heteroatoms. The lowest BCUT2D eigenvalue weighted by atomic mass is 9.89. The zero-order chi connectivity index (χ0) is 17.1. The Labute approximate surface area is 144 Å². The lowest BCUT2D eigenvalue weighted by Gasteiger charge is -2.16. The van der Waals surface area contributed by atoms with Gasteiger partial charge in [0.15, 0.2) is 0 Å². The quantitative estimate of drug-likeness (QED) is 0.901. The van der Waals surface area contributed by atoms with Crippen molar-refractivity contribution >= 4 is 23.5 Å². The Kier molecular flexibility index (Phi) is 4.90. The smallest absolute Gasteiger partial charge is 0.308 e. The minimum absolute atomic E-state index is 0.0471. The second-order valence-corrected chi connectivity index (χ2v) is 6.42. The van der Waals surface area contributed by atoms with Crippen molar-refractivity contribution in [2.45, 2.75) is 18.8 Å². The van der Waals surface area contributed by atoms with Gasteiger partial charge < -0.3 is 14.4 Å². The summed E-state index contributed by atoms with van der Waals surface area (Å²) in [5.41, 5.74) is 0.896. The van der Waals surface area contributed by atoms with Gasteiger partial charge in [0.05, 0.1) is 12.2 Å². The minimum Gasteiger partial charge on any atom is -0.481 e. The Morgan fingerprint density at radius 2 is 1.96 bits per heavy atom. The van der Waals surface area contributed by atoms with Crippen molar-refractivity contribution in [1.82, 2.24) is 4.90 Å². The third kappa shape index (κ3) is 3.62. The number of amides is 1. The van der Waals surface area contributed by atoms with E-state index in [0.29, 0.717) is 24.4 Å². The summed E-state index contributed by atoms with van der Waals surface area (Å²) in [6.07, 6.45) is 2.41. The Balaban J connectivity index is 1.68. The summed E-state index contributed by atoms with van der Waals surface area (Å²) in [7, 11) is 0. The maximum Gasteiger partial charge on any atom is 0.308 e. The molecule has 1 aliphatic rings. The first-order chi connectivity index (χ1) is 11.5. The summed E-state index contributed by atoms with van der Waals surface area (Å²) >= 11 is 5.90. The van der Waals surface area contributed by atoms with E-state index in [9.17, 15) is 14.7 Å². The van der Waals surface area contributed by atoms with Crippen LogP contribution in [0.15, 0.2) is 47.1 Å². The van der Waals surface area contributed by atoms with Crippen LogP contribution in [0, 0.1) is 5.92 Å². The van der Waals surface area contributed by atoms with Gasteiger partial charge in [0.25, 0.3) is 0 Å². The maximum atomic E-state index is 12.4. The van der Waals surface area contributed by atoms with Crippen molar-refractivity contribution in [2.24, 2.45) is 5.92 Å². The molecule has 1 aromatic heterocycles. The van der Waals surface area contributed by atoms with Crippen LogP contribution in [0.5, 0.6) is 0 Å². The Morgan fingerprint density at radius 3 is 2.58 bits per heavy atom. The van der Waals surface area contributed by atoms with Crippen molar-refractivity contribution in [1.29, 1.82) is 0 Å². The monoisotopic (exact) mass is 347 g/mol. The molecule has 2 heterocycles. The number of carbonyl (C=O) groups excluding carboxylic acids is 1. The molecule has 1 saturated heterocycles. The number of aliphatic carboxylic acids is 1. The topological polar surface area (TPSA) is 70.8 Å². The van der Waals surface area contributed by atoms with Crippen LogP contribution in [0.1, 0.15) is 23.7 Å². The predicted molar refractivity (Wildman–Crippen MR) is 88.9 cm³/mol. The van der Waals surface area contributed by atoms with E-state index >= 15 is 0 Å². The summed E-state index contributed by atoms with van der Waals surface area (Å²) in [5, 5.41) is 10.1. The van der Waals surface area contributed by atoms with E-state index in [2.05, 4.69) is 0 Å². The van der Waals surface area contributed by atoms with Crippen LogP contribution < -0.4 is 0 Å². The first-order valence-electron chi connectivity index (χ1n) is 7.83. The van der Waals surface area contributed by atoms with Crippen molar-refractivity contribution in [3.63, 3.8) is 0 Å². The maximum absolute atomic E-state index is 12.4. The van der Waals surface area contributed by atoms with Gasteiger partial charge in [0, 0.05) is 36.9 Å². The number of carbonyl (C=O) groups is 2. The van der Waals surface area contributed by atoms with Crippen LogP contribution >= 0.6 is 11.6 Å². The van der Waals surface area contributed by atoms with Gasteiger partial charge in [0.1, 0.15) is 5.76 Å². The molecule has 2 atom stereocenters. The van der Waals surface area contributed by atoms with Crippen LogP contribution in [-0.2, 0) is 16.0 Å². The van der Waals surface area contributed by atoms with Crippen LogP contribution in [0.4, 0.5) is 0 Å². The van der Waals surface area contributed by atoms with Crippen molar-refractivity contribution < 1.29 is 19.1 Å². The molecule has 0 saturated carbocycles. The number of aryl methyl sites for hydroxylation is 1. The van der Waals surface area contributed by atoms with E-state index in [1.54, 1.807) is 29.4 Å². The molecule has 0 unspecified atom stereocenters. The minimum atomic E-state index is -0.878. The molecule has 1 N–H and O–H groups in total. The Bertz CT molecular complexity index is 711. The SMILES string of the molecule is O=C(O)[C@@H]1CN(C(=O)CCc2ccco2)C[C@H]1c1ccc(Cl)cc1. The lowest BCUT2D eigenvalue weighted by molar-refractivity contribution is -0.141. The molecule has 1 aromatic carbocycles. The van der Waals surface area contributed by atoms with Crippen LogP contribution in [0.25, 0.3) is 0 Å². The molecule has 0 radical (unpaired) electrons. The largest absolute Gasteiger partial charge is 0.481 e. The molecule has 5 nitrogen and oxygen atoms in total. The van der Waals surface area contributed by atoms with E-state index in [0.717, 1.165) is 11.3 Å². The molecule has 0 bridgehead atoms. The molecule has 1 amide bonds. The molecule has 1 aliphatic heterocycles. The summed E-state index contributed by atoms with van der Waals surface area (Å²) in [4.78, 5) is 25.6. The molecule has 24 heavy (non-hydrogen) atoms. The molecular formula is C18H18ClNO4. The molecular weight excluding hydrogens is 330 g/mol. The zero-order valence-electron chi connectivity index (χ0n) is 13.0. The third-order valence-electron chi connectivity index (χ3n) is 4.45. The fourth-order valence-corrected chi connectivity index (χ4v) is 3.27. The van der Waals surface area contributed by atoms with Crippen LogP contribution in [-0.4, -0.2) is 35.0 Å². The fraction of sp³-hybridized carbons (Fsp3) is 0.333. The van der Waals surface area contributed by atoms with E-state index in [4.69, 9.17) is 16.0 Å². The van der Waals surface area contributed by atoms with Crippen molar-refractivity contribution in [3.8, 4) is 0 Å². The Hall–Kier alpha value is -2.27. The number of hydrogen-bond acceptors (Lipinski definition) is 3. The van der Waals surface area contributed by atoms with Gasteiger partial charge in [-0.25, -0.2) is 0 Å². The van der Waals surface area contributed by atoms with E-state index in [1.165, 1.54) is 0 Å². The average molecular weight is 348 g/mol. The van der Waals surface area contributed by atoms with E-state index in [1.807, 2.05) is 18.2 Å². The number of halogens is 1. The van der Waals surface area contributed by atoms with E-state index < -0.39 is 11.9 Å². The van der Waals surface area contributed by atoms with Crippen LogP contribution in [0.2, 0.25) is 5.02 Å². The van der Waals surface area contributed by atoms with Gasteiger partial charge >= 0.3 is 5.97 Å². The highest BCUT2D eigenvalue weighted by atomic mass is 35.5. The summed E-state index contributed by atoms with van der Waals surface area (Å²) in [6.45, 7) is 0.648. The number of likely N-dealkylation sites (tertiary alicyclic amines) is 1. The van der Waals surface area contributed by atoms with Gasteiger partial charge in [-0.2, -0.15) is 0 Å². The van der Waals surface area contributed by atoms with Crippen molar-refractivity contribution in [3.05, 3.63) is 59.0 Å². The zero-order valence-corrected chi connectivity index (χ0v) is 13.8. The number of rotatable bonds is 5. The number of benzene rings is 1. The first kappa shape index (κ1) is 16.6. The Morgan fingerprint density at radius 1 is 1.21 bits per heavy atom. The molecule has 3 rings (SSSR count). The number of nitrogens with zero attached hydrogens (tertiary/aromatic N) is 1. The molecule has 2 aromatic rings. The molecule has 0 aliphatic carbocycles. The van der Waals surface area contributed by atoms with Gasteiger partial charge in [-0.15, -0.1) is 0 Å². The summed E-state index contributed by atoms with van der Waals surface area (Å²) in [6, 6.07) is 10.8. The lowest BCUT2D eigenvalue weighted by Crippen LogP contribution is -2.30. The second kappa shape index (κ2) is 7.09. The molecule has 126 valence electrons. The highest BCUT2D eigenvalue weighted by Crippen LogP contribution is 2.34. The average Bonchev–Trinajstić information content (AvgIpc) is 3.23. The fourth-order valence-electron chi connectivity index (χ4n) is 3.15. The molecule has 1 fully saturated rings. The summed E-state index contributed by atoms with van der Waals surface area (Å²) < 4.78 is 5.23. The number of carboxylic acid groups (broad SMARTS) is 1. The van der Waals surface area contributed by atoms with Gasteiger partial charge in [-0.3, -0.25) is 9.59 Å². The number of carboxylic acids is 1. The van der Waals surface area contributed by atoms with Crippen LogP contribution in [0.3, 0.4) is 0 Å². The van der Waals surface area contributed by atoms with Gasteiger partial charge in [-0.1, -0.05) is 23.7 Å². The normalized spacial score (nSPS) is 20.3. The highest BCUT2D eigenvalue weighted by Gasteiger charge is 2.40. The number of hydrogen-bond donors (Lipinski definition) is 1. The molecule has 0 spiro atoms. The van der Waals surface area contributed by atoms with E-state index in [-0.39, 0.29) is 18.4 Å². The number of furan rings is 1.